The first-order valence-corrected chi connectivity index (χ1v) is 5.45. The Labute approximate surface area is 96.8 Å². The van der Waals surface area contributed by atoms with Gasteiger partial charge < -0.3 is 4.90 Å². The average Bonchev–Trinajstić information content (AvgIpc) is 2.35. The summed E-state index contributed by atoms with van der Waals surface area (Å²) in [5, 5.41) is 0. The van der Waals surface area contributed by atoms with Crippen LogP contribution in [0, 0.1) is 0 Å². The van der Waals surface area contributed by atoms with Gasteiger partial charge in [0.25, 0.3) is 0 Å². The van der Waals surface area contributed by atoms with Gasteiger partial charge in [0, 0.05) is 19.3 Å². The second-order valence-corrected chi connectivity index (χ2v) is 3.68. The van der Waals surface area contributed by atoms with Gasteiger partial charge in [-0.3, -0.25) is 9.79 Å². The third kappa shape index (κ3) is 3.50. The quantitative estimate of drug-likeness (QED) is 0.711. The fourth-order valence-electron chi connectivity index (χ4n) is 1.25. The molecule has 3 nitrogen and oxygen atoms in total. The molecule has 0 atom stereocenters. The second-order valence-electron chi connectivity index (χ2n) is 3.68. The molecule has 0 saturated heterocycles. The van der Waals surface area contributed by atoms with Gasteiger partial charge in [0.2, 0.25) is 5.91 Å². The van der Waals surface area contributed by atoms with E-state index in [2.05, 4.69) is 4.99 Å². The molecule has 1 amide bonds. The van der Waals surface area contributed by atoms with Gasteiger partial charge in [0.15, 0.2) is 0 Å². The number of carbonyl (C=O) groups excluding carboxylic acids is 1. The molecular weight excluding hydrogens is 200 g/mol. The Bertz CT molecular complexity index is 371. The maximum atomic E-state index is 11.5. The molecule has 0 heterocycles. The normalized spacial score (nSPS) is 11.3. The van der Waals surface area contributed by atoms with Gasteiger partial charge >= 0.3 is 0 Å². The van der Waals surface area contributed by atoms with Crippen LogP contribution in [0.4, 0.5) is 0 Å². The minimum atomic E-state index is 0.0535. The van der Waals surface area contributed by atoms with E-state index in [0.717, 1.165) is 17.8 Å². The minimum absolute atomic E-state index is 0.0535. The summed E-state index contributed by atoms with van der Waals surface area (Å²) in [5.41, 5.74) is 1.97. The Morgan fingerprint density at radius 3 is 2.50 bits per heavy atom. The summed E-state index contributed by atoms with van der Waals surface area (Å²) in [4.78, 5) is 17.5. The number of amides is 1. The lowest BCUT2D eigenvalue weighted by atomic mass is 10.1. The molecular formula is C13H18N2O. The van der Waals surface area contributed by atoms with Crippen molar-refractivity contribution in [2.75, 3.05) is 20.1 Å². The van der Waals surface area contributed by atoms with Gasteiger partial charge in [-0.25, -0.2) is 0 Å². The van der Waals surface area contributed by atoms with E-state index in [1.165, 1.54) is 0 Å². The molecule has 86 valence electrons. The van der Waals surface area contributed by atoms with Crippen molar-refractivity contribution in [3.63, 3.8) is 0 Å². The maximum Gasteiger partial charge on any atom is 0.243 e. The highest BCUT2D eigenvalue weighted by molar-refractivity contribution is 5.99. The van der Waals surface area contributed by atoms with Crippen molar-refractivity contribution in [1.29, 1.82) is 0 Å². The van der Waals surface area contributed by atoms with Crippen molar-refractivity contribution in [3.8, 4) is 0 Å². The van der Waals surface area contributed by atoms with Gasteiger partial charge in [0.1, 0.15) is 6.54 Å². The number of rotatable bonds is 4. The monoisotopic (exact) mass is 218 g/mol. The van der Waals surface area contributed by atoms with E-state index in [1.807, 2.05) is 44.2 Å². The summed E-state index contributed by atoms with van der Waals surface area (Å²) < 4.78 is 0. The number of benzene rings is 1. The Morgan fingerprint density at radius 2 is 1.94 bits per heavy atom. The highest BCUT2D eigenvalue weighted by Gasteiger charge is 2.05. The molecule has 0 fully saturated rings. The number of hydrogen-bond acceptors (Lipinski definition) is 2. The summed E-state index contributed by atoms with van der Waals surface area (Å²) in [7, 11) is 1.79. The first-order valence-electron chi connectivity index (χ1n) is 5.45. The molecule has 0 aliphatic heterocycles. The van der Waals surface area contributed by atoms with E-state index in [-0.39, 0.29) is 12.5 Å². The zero-order valence-corrected chi connectivity index (χ0v) is 10.1. The predicted octanol–water partition coefficient (Wildman–Crippen LogP) is 1.97. The second kappa shape index (κ2) is 6.05. The largest absolute Gasteiger partial charge is 0.344 e. The molecule has 0 unspecified atom stereocenters. The Kier molecular flexibility index (Phi) is 4.70. The number of hydrogen-bond donors (Lipinski definition) is 0. The zero-order chi connectivity index (χ0) is 12.0. The van der Waals surface area contributed by atoms with Crippen LogP contribution in [0.15, 0.2) is 35.3 Å². The number of aliphatic imine (C=N–C) groups is 1. The van der Waals surface area contributed by atoms with Gasteiger partial charge in [-0.15, -0.1) is 0 Å². The number of carbonyl (C=O) groups is 1. The highest BCUT2D eigenvalue weighted by atomic mass is 16.2. The molecule has 0 aliphatic rings. The third-order valence-corrected chi connectivity index (χ3v) is 2.54. The van der Waals surface area contributed by atoms with Crippen LogP contribution < -0.4 is 0 Å². The van der Waals surface area contributed by atoms with Crippen LogP contribution in [-0.4, -0.2) is 36.7 Å². The Hall–Kier alpha value is -1.64. The summed E-state index contributed by atoms with van der Waals surface area (Å²) >= 11 is 0. The van der Waals surface area contributed by atoms with Gasteiger partial charge in [-0.2, -0.15) is 0 Å². The first-order chi connectivity index (χ1) is 7.65. The molecule has 16 heavy (non-hydrogen) atoms. The van der Waals surface area contributed by atoms with E-state index in [9.17, 15) is 4.79 Å². The van der Waals surface area contributed by atoms with Crippen LogP contribution in [0.3, 0.4) is 0 Å². The van der Waals surface area contributed by atoms with Gasteiger partial charge in [0.05, 0.1) is 0 Å². The lowest BCUT2D eigenvalue weighted by molar-refractivity contribution is -0.128. The summed E-state index contributed by atoms with van der Waals surface area (Å²) in [6, 6.07) is 9.88. The molecule has 0 aliphatic carbocycles. The van der Waals surface area contributed by atoms with Crippen molar-refractivity contribution in [1.82, 2.24) is 4.90 Å². The number of nitrogens with zero attached hydrogens (tertiary/aromatic N) is 2. The van der Waals surface area contributed by atoms with Gasteiger partial charge in [-0.05, 0) is 19.4 Å². The molecule has 0 aromatic heterocycles. The molecule has 1 aromatic carbocycles. The standard InChI is InChI=1S/C13H18N2O/c1-4-15(3)13(16)10-14-11(2)12-8-6-5-7-9-12/h5-9H,4,10H2,1-3H3/b14-11+. The molecule has 1 aromatic rings. The molecule has 1 rings (SSSR count). The Morgan fingerprint density at radius 1 is 1.31 bits per heavy atom. The lowest BCUT2D eigenvalue weighted by Crippen LogP contribution is -2.28. The van der Waals surface area contributed by atoms with Crippen LogP contribution in [0.2, 0.25) is 0 Å². The van der Waals surface area contributed by atoms with Crippen molar-refractivity contribution in [3.05, 3.63) is 35.9 Å². The molecule has 3 heteroatoms. The lowest BCUT2D eigenvalue weighted by Gasteiger charge is -2.12. The van der Waals surface area contributed by atoms with Crippen molar-refractivity contribution >= 4 is 11.6 Å². The molecule has 0 saturated carbocycles. The topological polar surface area (TPSA) is 32.7 Å². The summed E-state index contributed by atoms with van der Waals surface area (Å²) in [6.45, 7) is 4.82. The third-order valence-electron chi connectivity index (χ3n) is 2.54. The van der Waals surface area contributed by atoms with Crippen LogP contribution in [0.25, 0.3) is 0 Å². The first kappa shape index (κ1) is 12.4. The minimum Gasteiger partial charge on any atom is -0.344 e. The SMILES string of the molecule is CCN(C)C(=O)C/N=C(\C)c1ccccc1. The van der Waals surface area contributed by atoms with Crippen molar-refractivity contribution < 1.29 is 4.79 Å². The van der Waals surface area contributed by atoms with Crippen molar-refractivity contribution in [2.45, 2.75) is 13.8 Å². The van der Waals surface area contributed by atoms with E-state index in [0.29, 0.717) is 0 Å². The van der Waals surface area contributed by atoms with Crippen LogP contribution in [-0.2, 0) is 4.79 Å². The van der Waals surface area contributed by atoms with Gasteiger partial charge in [-0.1, -0.05) is 30.3 Å². The molecule has 0 N–H and O–H groups in total. The van der Waals surface area contributed by atoms with E-state index < -0.39 is 0 Å². The summed E-state index contributed by atoms with van der Waals surface area (Å²) in [5.74, 6) is 0.0535. The summed E-state index contributed by atoms with van der Waals surface area (Å²) in [6.07, 6.45) is 0. The predicted molar refractivity (Wildman–Crippen MR) is 66.8 cm³/mol. The van der Waals surface area contributed by atoms with E-state index >= 15 is 0 Å². The van der Waals surface area contributed by atoms with Crippen LogP contribution in [0.1, 0.15) is 19.4 Å². The van der Waals surface area contributed by atoms with Crippen LogP contribution >= 0.6 is 0 Å². The average molecular weight is 218 g/mol. The number of likely N-dealkylation sites (N-methyl/N-ethyl adjacent to an activating group) is 1. The van der Waals surface area contributed by atoms with E-state index in [4.69, 9.17) is 0 Å². The maximum absolute atomic E-state index is 11.5. The fraction of sp³-hybridized carbons (Fsp3) is 0.385. The van der Waals surface area contributed by atoms with Crippen LogP contribution in [0.5, 0.6) is 0 Å². The Balaban J connectivity index is 2.62. The smallest absolute Gasteiger partial charge is 0.243 e. The molecule has 0 radical (unpaired) electrons. The highest BCUT2D eigenvalue weighted by Crippen LogP contribution is 2.00. The fourth-order valence-corrected chi connectivity index (χ4v) is 1.25. The zero-order valence-electron chi connectivity index (χ0n) is 10.1. The molecule has 0 spiro atoms. The van der Waals surface area contributed by atoms with Crippen molar-refractivity contribution in [2.24, 2.45) is 4.99 Å². The van der Waals surface area contributed by atoms with E-state index in [1.54, 1.807) is 11.9 Å². The molecule has 0 bridgehead atoms.